The third-order valence-electron chi connectivity index (χ3n) is 4.52. The molecule has 0 aliphatic heterocycles. The zero-order valence-electron chi connectivity index (χ0n) is 16.2. The number of carbonyl (C=O) groups is 1. The summed E-state index contributed by atoms with van der Waals surface area (Å²) in [5.74, 6) is 0.521. The number of hydrogen-bond donors (Lipinski definition) is 2. The summed E-state index contributed by atoms with van der Waals surface area (Å²) in [6, 6.07) is 22.7. The first-order valence-electron chi connectivity index (χ1n) is 8.98. The van der Waals surface area contributed by atoms with Gasteiger partial charge in [0, 0.05) is 11.6 Å². The van der Waals surface area contributed by atoms with Crippen molar-refractivity contribution >= 4 is 12.1 Å². The van der Waals surface area contributed by atoms with E-state index in [9.17, 15) is 9.90 Å². The molecular weight excluding hydrogens is 368 g/mol. The van der Waals surface area contributed by atoms with Crippen molar-refractivity contribution in [2.24, 2.45) is 5.10 Å². The minimum Gasteiger partial charge on any atom is -0.497 e. The summed E-state index contributed by atoms with van der Waals surface area (Å²) in [6.45, 7) is 0. The second-order valence-corrected chi connectivity index (χ2v) is 6.25. The molecule has 0 fully saturated rings. The minimum absolute atomic E-state index is 0.445. The third-order valence-corrected chi connectivity index (χ3v) is 4.52. The van der Waals surface area contributed by atoms with Crippen molar-refractivity contribution in [3.05, 3.63) is 95.6 Å². The first kappa shape index (κ1) is 20.1. The third kappa shape index (κ3) is 4.28. The number of hydrogen-bond acceptors (Lipinski definition) is 5. The van der Waals surface area contributed by atoms with E-state index in [2.05, 4.69) is 10.5 Å². The van der Waals surface area contributed by atoms with Crippen LogP contribution in [0.3, 0.4) is 0 Å². The summed E-state index contributed by atoms with van der Waals surface area (Å²) < 4.78 is 10.5. The highest BCUT2D eigenvalue weighted by molar-refractivity contribution is 5.91. The second kappa shape index (κ2) is 9.03. The van der Waals surface area contributed by atoms with E-state index in [1.807, 2.05) is 12.1 Å². The quantitative estimate of drug-likeness (QED) is 0.480. The van der Waals surface area contributed by atoms with Gasteiger partial charge in [-0.3, -0.25) is 4.79 Å². The van der Waals surface area contributed by atoms with Crippen LogP contribution in [0.2, 0.25) is 0 Å². The number of amides is 1. The van der Waals surface area contributed by atoms with Crippen molar-refractivity contribution in [1.82, 2.24) is 5.43 Å². The molecule has 0 saturated carbocycles. The van der Waals surface area contributed by atoms with Gasteiger partial charge in [-0.15, -0.1) is 0 Å². The fourth-order valence-electron chi connectivity index (χ4n) is 2.95. The van der Waals surface area contributed by atoms with Gasteiger partial charge in [-0.1, -0.05) is 60.7 Å². The highest BCUT2D eigenvalue weighted by atomic mass is 16.5. The number of hydrazone groups is 1. The maximum absolute atomic E-state index is 13.0. The number of nitrogens with one attached hydrogen (secondary N) is 1. The highest BCUT2D eigenvalue weighted by Gasteiger charge is 2.39. The maximum atomic E-state index is 13.0. The molecule has 0 saturated heterocycles. The van der Waals surface area contributed by atoms with Crippen LogP contribution >= 0.6 is 0 Å². The molecule has 0 unspecified atom stereocenters. The predicted octanol–water partition coefficient (Wildman–Crippen LogP) is 3.09. The molecule has 0 aliphatic carbocycles. The summed E-state index contributed by atoms with van der Waals surface area (Å²) >= 11 is 0. The van der Waals surface area contributed by atoms with Crippen molar-refractivity contribution < 1.29 is 19.4 Å². The average molecular weight is 390 g/mol. The van der Waals surface area contributed by atoms with Crippen LogP contribution in [0.4, 0.5) is 0 Å². The van der Waals surface area contributed by atoms with Gasteiger partial charge in [0.05, 0.1) is 20.4 Å². The number of aliphatic hydroxyl groups is 1. The lowest BCUT2D eigenvalue weighted by atomic mass is 9.85. The van der Waals surface area contributed by atoms with Gasteiger partial charge < -0.3 is 14.6 Å². The molecule has 0 spiro atoms. The Morgan fingerprint density at radius 1 is 0.931 bits per heavy atom. The Balaban J connectivity index is 1.88. The van der Waals surface area contributed by atoms with E-state index in [1.54, 1.807) is 73.8 Å². The number of nitrogens with zero attached hydrogens (tertiary/aromatic N) is 1. The largest absolute Gasteiger partial charge is 0.497 e. The zero-order chi connectivity index (χ0) is 20.7. The van der Waals surface area contributed by atoms with Gasteiger partial charge >= 0.3 is 0 Å². The van der Waals surface area contributed by atoms with Crippen molar-refractivity contribution in [2.75, 3.05) is 14.2 Å². The topological polar surface area (TPSA) is 80.2 Å². The molecule has 0 heterocycles. The Morgan fingerprint density at radius 2 is 1.52 bits per heavy atom. The Hall–Kier alpha value is -3.64. The van der Waals surface area contributed by atoms with Gasteiger partial charge in [-0.25, -0.2) is 5.43 Å². The average Bonchev–Trinajstić information content (AvgIpc) is 2.79. The molecule has 2 N–H and O–H groups in total. The summed E-state index contributed by atoms with van der Waals surface area (Å²) in [5, 5.41) is 15.4. The van der Waals surface area contributed by atoms with Crippen LogP contribution in [0, 0.1) is 0 Å². The van der Waals surface area contributed by atoms with E-state index < -0.39 is 11.5 Å². The molecule has 6 heteroatoms. The monoisotopic (exact) mass is 390 g/mol. The number of methoxy groups -OCH3 is 2. The van der Waals surface area contributed by atoms with E-state index >= 15 is 0 Å². The molecule has 0 radical (unpaired) electrons. The summed E-state index contributed by atoms with van der Waals surface area (Å²) in [5.41, 5.74) is 2.10. The summed E-state index contributed by atoms with van der Waals surface area (Å²) in [7, 11) is 3.10. The normalized spacial score (nSPS) is 11.3. The van der Waals surface area contributed by atoms with Crippen LogP contribution in [0.25, 0.3) is 0 Å². The number of carbonyl (C=O) groups excluding carboxylic acids is 1. The molecule has 3 aromatic rings. The number of benzene rings is 3. The smallest absolute Gasteiger partial charge is 0.281 e. The lowest BCUT2D eigenvalue weighted by Gasteiger charge is -2.27. The SMILES string of the molecule is COc1ccc(C=NNC(=O)C(O)(c2ccccc2)c2ccccc2)c(OC)c1. The van der Waals surface area contributed by atoms with Crippen molar-refractivity contribution in [1.29, 1.82) is 0 Å². The van der Waals surface area contributed by atoms with Crippen LogP contribution in [-0.2, 0) is 10.4 Å². The van der Waals surface area contributed by atoms with Crippen LogP contribution in [0.15, 0.2) is 84.0 Å². The maximum Gasteiger partial charge on any atom is 0.281 e. The van der Waals surface area contributed by atoms with E-state index in [1.165, 1.54) is 13.3 Å². The van der Waals surface area contributed by atoms with Gasteiger partial charge in [0.1, 0.15) is 11.5 Å². The van der Waals surface area contributed by atoms with Crippen LogP contribution in [-0.4, -0.2) is 31.4 Å². The molecule has 0 atom stereocenters. The standard InChI is InChI=1S/C23H22N2O4/c1-28-20-14-13-17(21(15-20)29-2)16-24-25-22(26)23(27,18-9-5-3-6-10-18)19-11-7-4-8-12-19/h3-16,27H,1-2H3,(H,25,26). The van der Waals surface area contributed by atoms with Crippen molar-refractivity contribution in [2.45, 2.75) is 5.60 Å². The van der Waals surface area contributed by atoms with Gasteiger partial charge in [-0.05, 0) is 23.3 Å². The molecular formula is C23H22N2O4. The first-order valence-corrected chi connectivity index (χ1v) is 8.98. The molecule has 6 nitrogen and oxygen atoms in total. The predicted molar refractivity (Wildman–Crippen MR) is 111 cm³/mol. The number of ether oxygens (including phenoxy) is 2. The second-order valence-electron chi connectivity index (χ2n) is 6.25. The molecule has 3 aromatic carbocycles. The van der Waals surface area contributed by atoms with Gasteiger partial charge in [0.25, 0.3) is 5.91 Å². The lowest BCUT2D eigenvalue weighted by Crippen LogP contribution is -2.43. The fraction of sp³-hybridized carbons (Fsp3) is 0.130. The van der Waals surface area contributed by atoms with Crippen molar-refractivity contribution in [3.8, 4) is 11.5 Å². The molecule has 29 heavy (non-hydrogen) atoms. The lowest BCUT2D eigenvalue weighted by molar-refractivity contribution is -0.136. The Morgan fingerprint density at radius 3 is 2.03 bits per heavy atom. The van der Waals surface area contributed by atoms with Gasteiger partial charge in [0.2, 0.25) is 0 Å². The van der Waals surface area contributed by atoms with E-state index in [0.29, 0.717) is 28.2 Å². The van der Waals surface area contributed by atoms with Crippen LogP contribution in [0.1, 0.15) is 16.7 Å². The minimum atomic E-state index is -1.89. The molecule has 1 amide bonds. The van der Waals surface area contributed by atoms with Gasteiger partial charge in [0.15, 0.2) is 5.60 Å². The molecule has 0 aromatic heterocycles. The van der Waals surface area contributed by atoms with Crippen molar-refractivity contribution in [3.63, 3.8) is 0 Å². The summed E-state index contributed by atoms with van der Waals surface area (Å²) in [6.07, 6.45) is 1.45. The summed E-state index contributed by atoms with van der Waals surface area (Å²) in [4.78, 5) is 13.0. The fourth-order valence-corrected chi connectivity index (χ4v) is 2.95. The zero-order valence-corrected chi connectivity index (χ0v) is 16.2. The molecule has 148 valence electrons. The van der Waals surface area contributed by atoms with Gasteiger partial charge in [-0.2, -0.15) is 5.10 Å². The van der Waals surface area contributed by atoms with E-state index in [-0.39, 0.29) is 0 Å². The van der Waals surface area contributed by atoms with E-state index in [4.69, 9.17) is 9.47 Å². The molecule has 0 aliphatic rings. The van der Waals surface area contributed by atoms with E-state index in [0.717, 1.165) is 0 Å². The Bertz CT molecular complexity index is 949. The van der Waals surface area contributed by atoms with Crippen LogP contribution in [0.5, 0.6) is 11.5 Å². The molecule has 0 bridgehead atoms. The highest BCUT2D eigenvalue weighted by Crippen LogP contribution is 2.30. The first-order chi connectivity index (χ1) is 14.1. The Labute approximate surface area is 169 Å². The molecule has 3 rings (SSSR count). The van der Waals surface area contributed by atoms with Crippen LogP contribution < -0.4 is 14.9 Å². The Kier molecular flexibility index (Phi) is 6.26. The number of rotatable bonds is 7.